The molecule has 7 heteroatoms. The standard InChI is InChI=1S/C25H24N4O3/c1-31-20-10-8-17(9-11-20)23-27-22-7-4-13-26-24(22)29(23)19-12-14-28(16-19)25(30)18-5-3-6-21(15-18)32-2/h3-11,13,15,19H,12,14,16H2,1-2H3/t19-/m1/s1. The molecule has 4 aromatic rings. The Morgan fingerprint density at radius 1 is 1.00 bits per heavy atom. The number of carbonyl (C=O) groups excluding carboxylic acids is 1. The number of fused-ring (bicyclic) bond motifs is 1. The van der Waals surface area contributed by atoms with Gasteiger partial charge in [-0.25, -0.2) is 9.97 Å². The number of methoxy groups -OCH3 is 2. The van der Waals surface area contributed by atoms with E-state index >= 15 is 0 Å². The number of aromatic nitrogens is 3. The lowest BCUT2D eigenvalue weighted by molar-refractivity contribution is 0.0787. The van der Waals surface area contributed by atoms with Crippen LogP contribution < -0.4 is 9.47 Å². The molecule has 32 heavy (non-hydrogen) atoms. The van der Waals surface area contributed by atoms with Gasteiger partial charge in [0, 0.05) is 30.4 Å². The lowest BCUT2D eigenvalue weighted by Gasteiger charge is -2.19. The number of hydrogen-bond acceptors (Lipinski definition) is 5. The molecule has 1 amide bonds. The molecule has 162 valence electrons. The Balaban J connectivity index is 1.48. The van der Waals surface area contributed by atoms with E-state index in [0.717, 1.165) is 34.7 Å². The van der Waals surface area contributed by atoms with Gasteiger partial charge in [0.25, 0.3) is 5.91 Å². The Morgan fingerprint density at radius 3 is 2.59 bits per heavy atom. The number of amides is 1. The number of nitrogens with zero attached hydrogens (tertiary/aromatic N) is 4. The van der Waals surface area contributed by atoms with Crippen LogP contribution in [0.3, 0.4) is 0 Å². The van der Waals surface area contributed by atoms with Crippen LogP contribution >= 0.6 is 0 Å². The maximum Gasteiger partial charge on any atom is 0.254 e. The number of imidazole rings is 1. The van der Waals surface area contributed by atoms with Gasteiger partial charge in [0.05, 0.1) is 20.3 Å². The van der Waals surface area contributed by atoms with Gasteiger partial charge in [0.1, 0.15) is 22.8 Å². The summed E-state index contributed by atoms with van der Waals surface area (Å²) in [5.41, 5.74) is 3.30. The number of carbonyl (C=O) groups is 1. The van der Waals surface area contributed by atoms with Crippen LogP contribution in [-0.2, 0) is 0 Å². The van der Waals surface area contributed by atoms with Crippen LogP contribution in [0.4, 0.5) is 0 Å². The fourth-order valence-electron chi connectivity index (χ4n) is 4.29. The first-order valence-electron chi connectivity index (χ1n) is 10.6. The van der Waals surface area contributed by atoms with Gasteiger partial charge >= 0.3 is 0 Å². The second kappa shape index (κ2) is 8.34. The van der Waals surface area contributed by atoms with E-state index in [-0.39, 0.29) is 11.9 Å². The molecular weight excluding hydrogens is 404 g/mol. The fourth-order valence-corrected chi connectivity index (χ4v) is 4.29. The third kappa shape index (κ3) is 3.56. The van der Waals surface area contributed by atoms with Gasteiger partial charge in [0.15, 0.2) is 5.65 Å². The van der Waals surface area contributed by atoms with Gasteiger partial charge in [-0.15, -0.1) is 0 Å². The molecule has 2 aromatic heterocycles. The number of likely N-dealkylation sites (tertiary alicyclic amines) is 1. The van der Waals surface area contributed by atoms with Crippen molar-refractivity contribution < 1.29 is 14.3 Å². The van der Waals surface area contributed by atoms with E-state index in [0.29, 0.717) is 24.4 Å². The molecule has 0 aliphatic carbocycles. The molecule has 1 aliphatic heterocycles. The molecule has 1 aliphatic rings. The van der Waals surface area contributed by atoms with Crippen molar-refractivity contribution in [2.45, 2.75) is 12.5 Å². The van der Waals surface area contributed by atoms with E-state index in [4.69, 9.17) is 14.5 Å². The van der Waals surface area contributed by atoms with Gasteiger partial charge in [-0.1, -0.05) is 6.07 Å². The van der Waals surface area contributed by atoms with Crippen LogP contribution in [0.5, 0.6) is 11.5 Å². The van der Waals surface area contributed by atoms with E-state index in [9.17, 15) is 4.79 Å². The van der Waals surface area contributed by atoms with E-state index < -0.39 is 0 Å². The van der Waals surface area contributed by atoms with Crippen LogP contribution in [0.15, 0.2) is 66.9 Å². The smallest absolute Gasteiger partial charge is 0.254 e. The van der Waals surface area contributed by atoms with Crippen LogP contribution in [0.25, 0.3) is 22.6 Å². The van der Waals surface area contributed by atoms with Gasteiger partial charge in [-0.2, -0.15) is 0 Å². The topological polar surface area (TPSA) is 69.5 Å². The molecular formula is C25H24N4O3. The summed E-state index contributed by atoms with van der Waals surface area (Å²) in [5, 5.41) is 0. The largest absolute Gasteiger partial charge is 0.497 e. The second-order valence-corrected chi connectivity index (χ2v) is 7.81. The highest BCUT2D eigenvalue weighted by atomic mass is 16.5. The predicted octanol–water partition coefficient (Wildman–Crippen LogP) is 4.20. The maximum atomic E-state index is 13.1. The van der Waals surface area contributed by atoms with E-state index in [2.05, 4.69) is 9.55 Å². The zero-order chi connectivity index (χ0) is 22.1. The molecule has 0 radical (unpaired) electrons. The monoisotopic (exact) mass is 428 g/mol. The maximum absolute atomic E-state index is 13.1. The van der Waals surface area contributed by atoms with Crippen LogP contribution in [0.2, 0.25) is 0 Å². The minimum Gasteiger partial charge on any atom is -0.497 e. The van der Waals surface area contributed by atoms with E-state index in [1.807, 2.05) is 59.5 Å². The Labute approximate surface area is 186 Å². The molecule has 1 atom stereocenters. The van der Waals surface area contributed by atoms with Crippen molar-refractivity contribution in [1.82, 2.24) is 19.4 Å². The summed E-state index contributed by atoms with van der Waals surface area (Å²) in [4.78, 5) is 24.5. The molecule has 5 rings (SSSR count). The fraction of sp³-hybridized carbons (Fsp3) is 0.240. The molecule has 2 aromatic carbocycles. The quantitative estimate of drug-likeness (QED) is 0.476. The highest BCUT2D eigenvalue weighted by Gasteiger charge is 2.31. The summed E-state index contributed by atoms with van der Waals surface area (Å²) in [7, 11) is 3.26. The minimum atomic E-state index is 0.00905. The average Bonchev–Trinajstić information content (AvgIpc) is 3.48. The lowest BCUT2D eigenvalue weighted by Crippen LogP contribution is -2.29. The summed E-state index contributed by atoms with van der Waals surface area (Å²) in [6, 6.07) is 19.1. The highest BCUT2D eigenvalue weighted by Crippen LogP contribution is 2.33. The van der Waals surface area contributed by atoms with Crippen LogP contribution in [0, 0.1) is 0 Å². The summed E-state index contributed by atoms with van der Waals surface area (Å²) >= 11 is 0. The van der Waals surface area contributed by atoms with Crippen molar-refractivity contribution >= 4 is 17.1 Å². The normalized spacial score (nSPS) is 15.8. The van der Waals surface area contributed by atoms with Crippen molar-refractivity contribution in [2.75, 3.05) is 27.3 Å². The Hall–Kier alpha value is -3.87. The SMILES string of the molecule is COc1ccc(-c2nc3cccnc3n2[C@@H]2CCN(C(=O)c3cccc(OC)c3)C2)cc1. The predicted molar refractivity (Wildman–Crippen MR) is 122 cm³/mol. The second-order valence-electron chi connectivity index (χ2n) is 7.81. The number of benzene rings is 2. The van der Waals surface area contributed by atoms with E-state index in [1.54, 1.807) is 26.5 Å². The first-order chi connectivity index (χ1) is 15.7. The van der Waals surface area contributed by atoms with Crippen molar-refractivity contribution in [3.63, 3.8) is 0 Å². The molecule has 7 nitrogen and oxygen atoms in total. The third-order valence-corrected chi connectivity index (χ3v) is 5.93. The molecule has 1 saturated heterocycles. The van der Waals surface area contributed by atoms with Crippen molar-refractivity contribution in [3.8, 4) is 22.9 Å². The summed E-state index contributed by atoms with van der Waals surface area (Å²) < 4.78 is 12.8. The first kappa shape index (κ1) is 20.1. The van der Waals surface area contributed by atoms with Crippen LogP contribution in [0.1, 0.15) is 22.8 Å². The number of rotatable bonds is 5. The zero-order valence-corrected chi connectivity index (χ0v) is 18.1. The molecule has 1 fully saturated rings. The Kier molecular flexibility index (Phi) is 5.23. The number of hydrogen-bond donors (Lipinski definition) is 0. The third-order valence-electron chi connectivity index (χ3n) is 5.93. The van der Waals surface area contributed by atoms with Gasteiger partial charge in [-0.05, 0) is 61.0 Å². The molecule has 0 unspecified atom stereocenters. The van der Waals surface area contributed by atoms with Gasteiger partial charge < -0.3 is 18.9 Å². The Morgan fingerprint density at radius 2 is 1.81 bits per heavy atom. The molecule has 3 heterocycles. The molecule has 0 saturated carbocycles. The molecule has 0 bridgehead atoms. The Bertz CT molecular complexity index is 1270. The van der Waals surface area contributed by atoms with Crippen LogP contribution in [-0.4, -0.2) is 52.7 Å². The number of pyridine rings is 1. The molecule has 0 spiro atoms. The first-order valence-corrected chi connectivity index (χ1v) is 10.6. The zero-order valence-electron chi connectivity index (χ0n) is 18.1. The summed E-state index contributed by atoms with van der Waals surface area (Å²) in [6.07, 6.45) is 2.62. The average molecular weight is 428 g/mol. The molecule has 0 N–H and O–H groups in total. The van der Waals surface area contributed by atoms with Crippen molar-refractivity contribution in [2.24, 2.45) is 0 Å². The van der Waals surface area contributed by atoms with Gasteiger partial charge in [0.2, 0.25) is 0 Å². The minimum absolute atomic E-state index is 0.00905. The summed E-state index contributed by atoms with van der Waals surface area (Å²) in [6.45, 7) is 1.27. The van der Waals surface area contributed by atoms with Crippen molar-refractivity contribution in [3.05, 3.63) is 72.4 Å². The van der Waals surface area contributed by atoms with E-state index in [1.165, 1.54) is 0 Å². The van der Waals surface area contributed by atoms with Crippen molar-refractivity contribution in [1.29, 1.82) is 0 Å². The lowest BCUT2D eigenvalue weighted by atomic mass is 10.1. The number of ether oxygens (including phenoxy) is 2. The highest BCUT2D eigenvalue weighted by molar-refractivity contribution is 5.94. The summed E-state index contributed by atoms with van der Waals surface area (Å²) in [5.74, 6) is 2.33. The van der Waals surface area contributed by atoms with Gasteiger partial charge in [-0.3, -0.25) is 4.79 Å².